The fourth-order valence-electron chi connectivity index (χ4n) is 0.501. The molecule has 0 spiro atoms. The van der Waals surface area contributed by atoms with E-state index >= 15 is 0 Å². The summed E-state index contributed by atoms with van der Waals surface area (Å²) in [5.74, 6) is -0.278. The summed E-state index contributed by atoms with van der Waals surface area (Å²) in [5.41, 5.74) is 0. The van der Waals surface area contributed by atoms with E-state index in [0.29, 0.717) is 13.0 Å². The van der Waals surface area contributed by atoms with Crippen LogP contribution in [0.2, 0.25) is 0 Å². The standard InChI is InChI=1S/C6H11IO3/c1-3-5(10-7)6(8)9-4-2/h5H,3-4H2,1-2H3. The summed E-state index contributed by atoms with van der Waals surface area (Å²) in [6, 6.07) is 0. The molecule has 0 fully saturated rings. The van der Waals surface area contributed by atoms with Crippen molar-refractivity contribution in [3.63, 3.8) is 0 Å². The molecule has 0 aromatic rings. The van der Waals surface area contributed by atoms with Crippen molar-refractivity contribution in [2.75, 3.05) is 6.61 Å². The second kappa shape index (κ2) is 5.91. The molecule has 60 valence electrons. The lowest BCUT2D eigenvalue weighted by Gasteiger charge is -2.08. The summed E-state index contributed by atoms with van der Waals surface area (Å²) < 4.78 is 9.53. The molecule has 0 saturated carbocycles. The molecule has 0 saturated heterocycles. The Bertz CT molecular complexity index is 101. The first-order chi connectivity index (χ1) is 4.76. The van der Waals surface area contributed by atoms with Gasteiger partial charge in [-0.15, -0.1) is 0 Å². The van der Waals surface area contributed by atoms with Crippen molar-refractivity contribution >= 4 is 29.0 Å². The van der Waals surface area contributed by atoms with Crippen LogP contribution in [0, 0.1) is 0 Å². The molecule has 0 aromatic heterocycles. The Morgan fingerprint density at radius 1 is 1.60 bits per heavy atom. The van der Waals surface area contributed by atoms with Crippen molar-refractivity contribution in [2.24, 2.45) is 0 Å². The van der Waals surface area contributed by atoms with E-state index < -0.39 is 6.10 Å². The molecule has 0 aromatic carbocycles. The van der Waals surface area contributed by atoms with E-state index in [1.807, 2.05) is 6.92 Å². The lowest BCUT2D eigenvalue weighted by molar-refractivity contribution is -0.150. The Hall–Kier alpha value is 0.160. The first-order valence-corrected chi connectivity index (χ1v) is 4.08. The fourth-order valence-corrected chi connectivity index (χ4v) is 1.07. The van der Waals surface area contributed by atoms with E-state index in [9.17, 15) is 4.79 Å². The number of esters is 1. The summed E-state index contributed by atoms with van der Waals surface area (Å²) in [4.78, 5) is 10.9. The van der Waals surface area contributed by atoms with Gasteiger partial charge in [-0.3, -0.25) is 0 Å². The molecule has 0 bridgehead atoms. The van der Waals surface area contributed by atoms with Crippen LogP contribution in [0.25, 0.3) is 0 Å². The van der Waals surface area contributed by atoms with Gasteiger partial charge in [-0.05, 0) is 13.3 Å². The van der Waals surface area contributed by atoms with Gasteiger partial charge in [-0.25, -0.2) is 4.79 Å². The number of ether oxygens (including phenoxy) is 1. The van der Waals surface area contributed by atoms with Gasteiger partial charge in [-0.2, -0.15) is 0 Å². The quantitative estimate of drug-likeness (QED) is 0.568. The van der Waals surface area contributed by atoms with Gasteiger partial charge in [0, 0.05) is 0 Å². The molecule has 1 atom stereocenters. The minimum atomic E-state index is -0.402. The maximum absolute atomic E-state index is 10.9. The van der Waals surface area contributed by atoms with Gasteiger partial charge in [0.05, 0.1) is 6.61 Å². The second-order valence-electron chi connectivity index (χ2n) is 1.74. The summed E-state index contributed by atoms with van der Waals surface area (Å²) in [6.45, 7) is 4.06. The zero-order chi connectivity index (χ0) is 7.98. The molecule has 1 unspecified atom stereocenters. The summed E-state index contributed by atoms with van der Waals surface area (Å²) in [7, 11) is 0. The second-order valence-corrected chi connectivity index (χ2v) is 2.25. The Labute approximate surface area is 74.8 Å². The number of carbonyl (C=O) groups is 1. The van der Waals surface area contributed by atoms with Crippen molar-refractivity contribution in [2.45, 2.75) is 26.4 Å². The SMILES string of the molecule is CCOC(=O)C(CC)OI. The minimum Gasteiger partial charge on any atom is -0.464 e. The van der Waals surface area contributed by atoms with Crippen molar-refractivity contribution in [1.82, 2.24) is 0 Å². The monoisotopic (exact) mass is 258 g/mol. The topological polar surface area (TPSA) is 35.5 Å². The largest absolute Gasteiger partial charge is 0.464 e. The molecule has 3 nitrogen and oxygen atoms in total. The van der Waals surface area contributed by atoms with Crippen molar-refractivity contribution in [3.8, 4) is 0 Å². The Balaban J connectivity index is 3.65. The smallest absolute Gasteiger partial charge is 0.336 e. The van der Waals surface area contributed by atoms with Crippen LogP contribution in [-0.4, -0.2) is 18.7 Å². The average molecular weight is 258 g/mol. The normalized spacial score (nSPS) is 12.7. The molecular formula is C6H11IO3. The van der Waals surface area contributed by atoms with Gasteiger partial charge < -0.3 is 7.80 Å². The van der Waals surface area contributed by atoms with Gasteiger partial charge in [0.15, 0.2) is 6.10 Å². The van der Waals surface area contributed by atoms with Crippen LogP contribution in [0.15, 0.2) is 0 Å². The molecule has 0 radical (unpaired) electrons. The number of hydrogen-bond acceptors (Lipinski definition) is 3. The molecule has 0 aliphatic rings. The highest BCUT2D eigenvalue weighted by Crippen LogP contribution is 2.04. The van der Waals surface area contributed by atoms with Gasteiger partial charge in [0.2, 0.25) is 0 Å². The molecule has 0 aliphatic heterocycles. The van der Waals surface area contributed by atoms with Crippen LogP contribution in [0.3, 0.4) is 0 Å². The summed E-state index contributed by atoms with van der Waals surface area (Å²) in [6.07, 6.45) is 0.252. The van der Waals surface area contributed by atoms with Gasteiger partial charge in [0.1, 0.15) is 23.0 Å². The van der Waals surface area contributed by atoms with Crippen LogP contribution < -0.4 is 0 Å². The molecule has 0 heterocycles. The lowest BCUT2D eigenvalue weighted by atomic mass is 10.3. The molecule has 10 heavy (non-hydrogen) atoms. The fraction of sp³-hybridized carbons (Fsp3) is 0.833. The molecular weight excluding hydrogens is 247 g/mol. The highest BCUT2D eigenvalue weighted by molar-refractivity contribution is 14.1. The van der Waals surface area contributed by atoms with Crippen LogP contribution >= 0.6 is 23.0 Å². The van der Waals surface area contributed by atoms with E-state index in [1.165, 1.54) is 0 Å². The highest BCUT2D eigenvalue weighted by atomic mass is 127. The predicted octanol–water partition coefficient (Wildman–Crippen LogP) is 1.69. The van der Waals surface area contributed by atoms with Gasteiger partial charge in [-0.1, -0.05) is 6.92 Å². The van der Waals surface area contributed by atoms with Crippen LogP contribution in [0.4, 0.5) is 0 Å². The number of carbonyl (C=O) groups excluding carboxylic acids is 1. The van der Waals surface area contributed by atoms with Crippen LogP contribution in [0.1, 0.15) is 20.3 Å². The average Bonchev–Trinajstić information content (AvgIpc) is 1.91. The van der Waals surface area contributed by atoms with Crippen molar-refractivity contribution in [3.05, 3.63) is 0 Å². The number of rotatable bonds is 4. The maximum atomic E-state index is 10.9. The zero-order valence-electron chi connectivity index (χ0n) is 6.09. The maximum Gasteiger partial charge on any atom is 0.336 e. The van der Waals surface area contributed by atoms with Crippen LogP contribution in [-0.2, 0) is 12.6 Å². The van der Waals surface area contributed by atoms with Crippen molar-refractivity contribution in [1.29, 1.82) is 0 Å². The summed E-state index contributed by atoms with van der Waals surface area (Å²) >= 11 is 1.70. The van der Waals surface area contributed by atoms with E-state index in [1.54, 1.807) is 29.9 Å². The van der Waals surface area contributed by atoms with E-state index in [2.05, 4.69) is 0 Å². The molecule has 0 amide bonds. The summed E-state index contributed by atoms with van der Waals surface area (Å²) in [5, 5.41) is 0. The minimum absolute atomic E-state index is 0.278. The third-order valence-corrected chi connectivity index (χ3v) is 1.64. The van der Waals surface area contributed by atoms with E-state index in [-0.39, 0.29) is 5.97 Å². The third kappa shape index (κ3) is 3.36. The highest BCUT2D eigenvalue weighted by Gasteiger charge is 2.16. The molecule has 0 rings (SSSR count). The third-order valence-electron chi connectivity index (χ3n) is 1.03. The Morgan fingerprint density at radius 3 is 2.50 bits per heavy atom. The van der Waals surface area contributed by atoms with Gasteiger partial charge in [0.25, 0.3) is 0 Å². The Kier molecular flexibility index (Phi) is 6.00. The molecule has 4 heteroatoms. The molecule has 0 aliphatic carbocycles. The van der Waals surface area contributed by atoms with Crippen LogP contribution in [0.5, 0.6) is 0 Å². The lowest BCUT2D eigenvalue weighted by Crippen LogP contribution is -2.22. The van der Waals surface area contributed by atoms with Gasteiger partial charge >= 0.3 is 5.97 Å². The first-order valence-electron chi connectivity index (χ1n) is 3.20. The zero-order valence-corrected chi connectivity index (χ0v) is 8.25. The van der Waals surface area contributed by atoms with Crippen molar-refractivity contribution < 1.29 is 12.6 Å². The van der Waals surface area contributed by atoms with E-state index in [0.717, 1.165) is 0 Å². The Morgan fingerprint density at radius 2 is 2.20 bits per heavy atom. The van der Waals surface area contributed by atoms with E-state index in [4.69, 9.17) is 7.80 Å². The number of hydrogen-bond donors (Lipinski definition) is 0. The number of halogens is 1. The molecule has 0 N–H and O–H groups in total. The predicted molar refractivity (Wildman–Crippen MR) is 45.8 cm³/mol. The first kappa shape index (κ1) is 10.2.